The van der Waals surface area contributed by atoms with Crippen molar-refractivity contribution >= 4 is 113 Å². The van der Waals surface area contributed by atoms with Gasteiger partial charge in [0.15, 0.2) is 10.1 Å². The zero-order valence-electron chi connectivity index (χ0n) is 25.1. The number of thiocarbonyl (C=S) groups is 2. The first-order valence-electron chi connectivity index (χ1n) is 14.2. The molecule has 0 unspecified atom stereocenters. The maximum absolute atomic E-state index is 13.0. The number of allylic oxidation sites excluding steroid dienone is 2. The van der Waals surface area contributed by atoms with Crippen molar-refractivity contribution < 1.29 is 9.59 Å². The fourth-order valence-corrected chi connectivity index (χ4v) is 12.7. The number of amides is 2. The number of thiophene rings is 2. The molecule has 2 aromatic rings. The van der Waals surface area contributed by atoms with Crippen molar-refractivity contribution in [1.82, 2.24) is 9.80 Å². The molecule has 3 aliphatic carbocycles. The van der Waals surface area contributed by atoms with E-state index in [0.717, 1.165) is 11.4 Å². The molecule has 2 aromatic heterocycles. The summed E-state index contributed by atoms with van der Waals surface area (Å²) in [6, 6.07) is 0. The molecule has 4 heterocycles. The van der Waals surface area contributed by atoms with Crippen molar-refractivity contribution in [1.29, 1.82) is 0 Å². The predicted octanol–water partition coefficient (Wildman–Crippen LogP) is 7.94. The Bertz CT molecular complexity index is 1730. The largest absolute Gasteiger partial charge is 0.292 e. The number of hydrogen-bond donors (Lipinski definition) is 0. The molecule has 2 saturated heterocycles. The van der Waals surface area contributed by atoms with Crippen LogP contribution >= 0.6 is 70.6 Å². The van der Waals surface area contributed by atoms with Gasteiger partial charge in [-0.15, -0.1) is 22.7 Å². The van der Waals surface area contributed by atoms with Gasteiger partial charge in [0.25, 0.3) is 11.8 Å². The van der Waals surface area contributed by atoms with Crippen molar-refractivity contribution in [3.63, 3.8) is 0 Å². The van der Waals surface area contributed by atoms with Gasteiger partial charge in [-0.05, 0) is 71.8 Å². The van der Waals surface area contributed by atoms with E-state index in [0.29, 0.717) is 31.8 Å². The minimum atomic E-state index is -0.363. The zero-order valence-corrected chi connectivity index (χ0v) is 30.0. The van der Waals surface area contributed by atoms with Crippen LogP contribution in [0.5, 0.6) is 0 Å². The van der Waals surface area contributed by atoms with Crippen LogP contribution in [0.25, 0.3) is 21.9 Å². The smallest absolute Gasteiger partial charge is 0.284 e. The third-order valence-corrected chi connectivity index (χ3v) is 14.2. The number of nitrogens with zero attached hydrogens (tertiary/aromatic N) is 4. The van der Waals surface area contributed by atoms with E-state index in [1.165, 1.54) is 65.3 Å². The Kier molecular flexibility index (Phi) is 6.59. The fraction of sp³-hybridized carbons (Fsp3) is 0.419. The molecule has 2 amide bonds. The Labute approximate surface area is 278 Å². The van der Waals surface area contributed by atoms with Crippen LogP contribution in [0.3, 0.4) is 0 Å². The molecule has 43 heavy (non-hydrogen) atoms. The molecule has 12 heteroatoms. The SMILES string of the molecule is CCN1C(=O)C(=NC2=Cc3sc4c(c3C2(C)C)C(C)(C)c2c-4sc3c2C(C)(C)C(N=C2SC(=S)N(CC)C2=O)=C3)SC1=S. The predicted molar refractivity (Wildman–Crippen MR) is 192 cm³/mol. The summed E-state index contributed by atoms with van der Waals surface area (Å²) in [5.41, 5.74) is 6.20. The first-order chi connectivity index (χ1) is 20.1. The van der Waals surface area contributed by atoms with Crippen LogP contribution in [0.2, 0.25) is 0 Å². The Balaban J connectivity index is 1.29. The number of fused-ring (bicyclic) bond motifs is 7. The van der Waals surface area contributed by atoms with Crippen molar-refractivity contribution in [2.24, 2.45) is 9.98 Å². The Morgan fingerprint density at radius 3 is 1.35 bits per heavy atom. The first kappa shape index (κ1) is 29.7. The molecule has 0 aromatic carbocycles. The van der Waals surface area contributed by atoms with Crippen molar-refractivity contribution in [2.45, 2.75) is 71.6 Å². The quantitative estimate of drug-likeness (QED) is 0.305. The van der Waals surface area contributed by atoms with Gasteiger partial charge in [0.05, 0.1) is 11.4 Å². The zero-order chi connectivity index (χ0) is 31.0. The van der Waals surface area contributed by atoms with Gasteiger partial charge in [0.2, 0.25) is 0 Å². The fourth-order valence-electron chi connectivity index (χ4n) is 6.85. The van der Waals surface area contributed by atoms with E-state index in [4.69, 9.17) is 34.4 Å². The van der Waals surface area contributed by atoms with E-state index in [1.807, 2.05) is 36.5 Å². The van der Waals surface area contributed by atoms with Crippen molar-refractivity contribution in [3.05, 3.63) is 43.4 Å². The molecule has 2 aliphatic heterocycles. The number of carbonyl (C=O) groups is 2. The highest BCUT2D eigenvalue weighted by molar-refractivity contribution is 8.35. The molecule has 6 nitrogen and oxygen atoms in total. The van der Waals surface area contributed by atoms with Crippen LogP contribution in [0.1, 0.15) is 87.4 Å². The van der Waals surface area contributed by atoms with Crippen LogP contribution in [-0.4, -0.2) is 53.4 Å². The highest BCUT2D eigenvalue weighted by atomic mass is 32.2. The first-order valence-corrected chi connectivity index (χ1v) is 18.3. The maximum atomic E-state index is 13.0. The lowest BCUT2D eigenvalue weighted by Crippen LogP contribution is -2.30. The van der Waals surface area contributed by atoms with Crippen molar-refractivity contribution in [3.8, 4) is 9.75 Å². The minimum Gasteiger partial charge on any atom is -0.292 e. The van der Waals surface area contributed by atoms with E-state index in [2.05, 4.69) is 53.7 Å². The maximum Gasteiger partial charge on any atom is 0.284 e. The third-order valence-electron chi connectivity index (χ3n) is 9.13. The highest BCUT2D eigenvalue weighted by Gasteiger charge is 2.52. The number of thioether (sulfide) groups is 2. The van der Waals surface area contributed by atoms with Gasteiger partial charge in [0.1, 0.15) is 8.64 Å². The number of aliphatic imine (C=N–C) groups is 2. The summed E-state index contributed by atoms with van der Waals surface area (Å²) in [6.07, 6.45) is 4.35. The van der Waals surface area contributed by atoms with Crippen molar-refractivity contribution in [2.75, 3.05) is 13.1 Å². The number of rotatable bonds is 4. The standard InChI is InChI=1S/C31H30N4O2S6/c1-9-34-25(36)23(42-27(34)38)32-15-11-13-17(29(15,3)4)19-21(40-13)22-20(31(19,7)8)18-14(41-22)12-16(30(18,5)6)33-24-26(37)35(10-2)28(39)43-24/h11-12H,9-10H2,1-8H3. The number of hydrogen-bond acceptors (Lipinski definition) is 10. The molecular formula is C31H30N4O2S6. The summed E-state index contributed by atoms with van der Waals surface area (Å²) in [7, 11) is 0. The minimum absolute atomic E-state index is 0.108. The summed E-state index contributed by atoms with van der Waals surface area (Å²) >= 11 is 17.1. The molecule has 5 aliphatic rings. The van der Waals surface area contributed by atoms with E-state index < -0.39 is 0 Å². The van der Waals surface area contributed by atoms with Gasteiger partial charge in [-0.25, -0.2) is 9.98 Å². The van der Waals surface area contributed by atoms with Crippen LogP contribution < -0.4 is 0 Å². The molecule has 0 atom stereocenters. The van der Waals surface area contributed by atoms with Gasteiger partial charge in [0, 0.05) is 48.8 Å². The normalized spacial score (nSPS) is 24.4. The highest BCUT2D eigenvalue weighted by Crippen LogP contribution is 2.66. The Morgan fingerprint density at radius 1 is 0.651 bits per heavy atom. The second-order valence-corrected chi connectivity index (χ2v) is 18.0. The second kappa shape index (κ2) is 9.53. The summed E-state index contributed by atoms with van der Waals surface area (Å²) in [6.45, 7) is 18.5. The average Bonchev–Trinajstić information content (AvgIpc) is 3.73. The second-order valence-electron chi connectivity index (χ2n) is 12.7. The van der Waals surface area contributed by atoms with Gasteiger partial charge in [-0.3, -0.25) is 19.4 Å². The summed E-state index contributed by atoms with van der Waals surface area (Å²) in [4.78, 5) is 44.1. The van der Waals surface area contributed by atoms with Crippen LogP contribution in [-0.2, 0) is 25.8 Å². The molecule has 0 bridgehead atoms. The Hall–Kier alpha value is -1.96. The summed E-state index contributed by atoms with van der Waals surface area (Å²) in [5, 5.41) is 0.913. The monoisotopic (exact) mass is 682 g/mol. The average molecular weight is 683 g/mol. The molecular weight excluding hydrogens is 653 g/mol. The number of carbonyl (C=O) groups excluding carboxylic acids is 2. The van der Waals surface area contributed by atoms with Gasteiger partial charge >= 0.3 is 0 Å². The van der Waals surface area contributed by atoms with E-state index >= 15 is 0 Å². The van der Waals surface area contributed by atoms with Gasteiger partial charge in [-0.2, -0.15) is 0 Å². The Morgan fingerprint density at radius 2 is 1.02 bits per heavy atom. The lowest BCUT2D eigenvalue weighted by atomic mass is 9.71. The summed E-state index contributed by atoms with van der Waals surface area (Å²) < 4.78 is 1.14. The molecule has 0 N–H and O–H groups in total. The molecule has 0 saturated carbocycles. The molecule has 7 rings (SSSR count). The molecule has 0 spiro atoms. The van der Waals surface area contributed by atoms with E-state index in [1.54, 1.807) is 9.80 Å². The van der Waals surface area contributed by atoms with E-state index in [9.17, 15) is 9.59 Å². The van der Waals surface area contributed by atoms with Crippen LogP contribution in [0.4, 0.5) is 0 Å². The molecule has 2 fully saturated rings. The lowest BCUT2D eigenvalue weighted by Gasteiger charge is -2.32. The lowest BCUT2D eigenvalue weighted by molar-refractivity contribution is -0.120. The topological polar surface area (TPSA) is 65.3 Å². The summed E-state index contributed by atoms with van der Waals surface area (Å²) in [5.74, 6) is -0.215. The van der Waals surface area contributed by atoms with Gasteiger partial charge in [-0.1, -0.05) is 66.0 Å². The van der Waals surface area contributed by atoms with E-state index in [-0.39, 0.29) is 28.1 Å². The van der Waals surface area contributed by atoms with Crippen LogP contribution in [0.15, 0.2) is 21.4 Å². The van der Waals surface area contributed by atoms with Crippen LogP contribution in [0, 0.1) is 0 Å². The molecule has 222 valence electrons. The molecule has 0 radical (unpaired) electrons. The third kappa shape index (κ3) is 3.89. The van der Waals surface area contributed by atoms with Gasteiger partial charge < -0.3 is 0 Å².